The van der Waals surface area contributed by atoms with Gasteiger partial charge in [-0.15, -0.1) is 0 Å². The number of hydrogen-bond acceptors (Lipinski definition) is 5. The molecule has 0 aromatic heterocycles. The van der Waals surface area contributed by atoms with Gasteiger partial charge in [0.15, 0.2) is 0 Å². The summed E-state index contributed by atoms with van der Waals surface area (Å²) in [7, 11) is -2.80. The molecule has 8 nitrogen and oxygen atoms in total. The van der Waals surface area contributed by atoms with Gasteiger partial charge in [0.1, 0.15) is 24.2 Å². The molecule has 0 aliphatic rings. The second-order valence-corrected chi connectivity index (χ2v) is 12.4. The molecular formula is C29H33BrFN3O5S. The second kappa shape index (κ2) is 13.8. The predicted octanol–water partition coefficient (Wildman–Crippen LogP) is 4.98. The third-order valence-corrected chi connectivity index (χ3v) is 8.42. The van der Waals surface area contributed by atoms with Crippen molar-refractivity contribution in [3.63, 3.8) is 0 Å². The molecule has 1 atom stereocenters. The van der Waals surface area contributed by atoms with Crippen LogP contribution in [-0.4, -0.2) is 51.4 Å². The molecule has 0 fully saturated rings. The van der Waals surface area contributed by atoms with Crippen LogP contribution in [0.2, 0.25) is 0 Å². The number of nitrogens with zero attached hydrogens (tertiary/aromatic N) is 2. The molecule has 3 aromatic rings. The van der Waals surface area contributed by atoms with Crippen molar-refractivity contribution >= 4 is 43.5 Å². The lowest BCUT2D eigenvalue weighted by atomic mass is 10.1. The first kappa shape index (κ1) is 31.1. The number of nitrogens with one attached hydrogen (secondary N) is 1. The third-order valence-electron chi connectivity index (χ3n) is 6.13. The number of amides is 2. The Morgan fingerprint density at radius 2 is 1.65 bits per heavy atom. The Bertz CT molecular complexity index is 1420. The number of sulfonamides is 1. The molecule has 0 heterocycles. The minimum absolute atomic E-state index is 0.0639. The maximum absolute atomic E-state index is 13.9. The van der Waals surface area contributed by atoms with E-state index in [4.69, 9.17) is 4.74 Å². The Labute approximate surface area is 243 Å². The van der Waals surface area contributed by atoms with E-state index in [0.717, 1.165) is 26.5 Å². The van der Waals surface area contributed by atoms with Crippen LogP contribution in [0, 0.1) is 11.7 Å². The van der Waals surface area contributed by atoms with Crippen LogP contribution in [0.4, 0.5) is 10.1 Å². The van der Waals surface area contributed by atoms with Gasteiger partial charge in [0.05, 0.1) is 17.7 Å². The van der Waals surface area contributed by atoms with Gasteiger partial charge in [0, 0.05) is 17.6 Å². The molecule has 0 saturated carbocycles. The number of hydrogen-bond donors (Lipinski definition) is 1. The highest BCUT2D eigenvalue weighted by molar-refractivity contribution is 9.10. The summed E-state index contributed by atoms with van der Waals surface area (Å²) in [6, 6.07) is 17.0. The number of rotatable bonds is 12. The molecule has 2 amide bonds. The molecule has 0 radical (unpaired) electrons. The SMILES string of the molecule is COc1ccc(S(=O)(=O)N(CC(=O)N(Cc2cccc(Br)c2)[C@@H](C)C(=O)NCC(C)C)c2ccc(F)cc2)cc1. The summed E-state index contributed by atoms with van der Waals surface area (Å²) < 4.78 is 48.2. The molecule has 0 unspecified atom stereocenters. The van der Waals surface area contributed by atoms with E-state index >= 15 is 0 Å². The summed E-state index contributed by atoms with van der Waals surface area (Å²) in [6.07, 6.45) is 0. The van der Waals surface area contributed by atoms with Crippen LogP contribution in [-0.2, 0) is 26.2 Å². The van der Waals surface area contributed by atoms with Gasteiger partial charge in [-0.1, -0.05) is 41.9 Å². The Morgan fingerprint density at radius 1 is 1.00 bits per heavy atom. The second-order valence-electron chi connectivity index (χ2n) is 9.63. The average Bonchev–Trinajstić information content (AvgIpc) is 2.93. The van der Waals surface area contributed by atoms with E-state index in [0.29, 0.717) is 12.3 Å². The zero-order chi connectivity index (χ0) is 29.4. The van der Waals surface area contributed by atoms with E-state index in [1.54, 1.807) is 6.92 Å². The first-order valence-electron chi connectivity index (χ1n) is 12.7. The normalized spacial score (nSPS) is 12.1. The largest absolute Gasteiger partial charge is 0.497 e. The average molecular weight is 635 g/mol. The topological polar surface area (TPSA) is 96.0 Å². The van der Waals surface area contributed by atoms with E-state index in [2.05, 4.69) is 21.2 Å². The fraction of sp³-hybridized carbons (Fsp3) is 0.310. The zero-order valence-corrected chi connectivity index (χ0v) is 25.2. The maximum Gasteiger partial charge on any atom is 0.264 e. The van der Waals surface area contributed by atoms with Crippen molar-refractivity contribution in [2.75, 3.05) is 24.5 Å². The Balaban J connectivity index is 2.01. The number of anilines is 1. The first-order chi connectivity index (χ1) is 18.9. The van der Waals surface area contributed by atoms with Gasteiger partial charge in [0.2, 0.25) is 11.8 Å². The monoisotopic (exact) mass is 633 g/mol. The lowest BCUT2D eigenvalue weighted by Crippen LogP contribution is -2.51. The summed E-state index contributed by atoms with van der Waals surface area (Å²) in [5, 5.41) is 2.85. The van der Waals surface area contributed by atoms with Crippen molar-refractivity contribution in [2.45, 2.75) is 38.3 Å². The van der Waals surface area contributed by atoms with Crippen LogP contribution in [0.5, 0.6) is 5.75 Å². The van der Waals surface area contributed by atoms with Gasteiger partial charge in [-0.2, -0.15) is 0 Å². The fourth-order valence-corrected chi connectivity index (χ4v) is 5.74. The van der Waals surface area contributed by atoms with Crippen molar-refractivity contribution in [1.29, 1.82) is 0 Å². The molecule has 40 heavy (non-hydrogen) atoms. The Morgan fingerprint density at radius 3 is 2.23 bits per heavy atom. The number of methoxy groups -OCH3 is 1. The van der Waals surface area contributed by atoms with Crippen LogP contribution in [0.15, 0.2) is 82.2 Å². The molecule has 214 valence electrons. The van der Waals surface area contributed by atoms with Crippen molar-refractivity contribution in [1.82, 2.24) is 10.2 Å². The van der Waals surface area contributed by atoms with Crippen molar-refractivity contribution in [3.05, 3.63) is 88.6 Å². The standard InChI is InChI=1S/C29H33BrFN3O5S/c1-20(2)17-32-29(36)21(3)33(18-22-6-5-7-23(30)16-22)28(35)19-34(25-10-8-24(31)9-11-25)40(37,38)27-14-12-26(39-4)13-15-27/h5-16,20-21H,17-19H2,1-4H3,(H,32,36)/t21-/m0/s1. The Hall–Kier alpha value is -3.44. The predicted molar refractivity (Wildman–Crippen MR) is 156 cm³/mol. The molecular weight excluding hydrogens is 601 g/mol. The first-order valence-corrected chi connectivity index (χ1v) is 14.9. The van der Waals surface area contributed by atoms with Gasteiger partial charge in [-0.05, 0) is 79.1 Å². The van der Waals surface area contributed by atoms with Crippen LogP contribution in [0.3, 0.4) is 0 Å². The molecule has 3 aromatic carbocycles. The van der Waals surface area contributed by atoms with Crippen LogP contribution >= 0.6 is 15.9 Å². The van der Waals surface area contributed by atoms with Gasteiger partial charge in [0.25, 0.3) is 10.0 Å². The molecule has 3 rings (SSSR count). The Kier molecular flexibility index (Phi) is 10.7. The number of carbonyl (C=O) groups excluding carboxylic acids is 2. The van der Waals surface area contributed by atoms with Gasteiger partial charge < -0.3 is 15.0 Å². The molecule has 0 bridgehead atoms. The number of halogens is 2. The molecule has 1 N–H and O–H groups in total. The minimum atomic E-state index is -4.27. The van der Waals surface area contributed by atoms with Crippen LogP contribution < -0.4 is 14.4 Å². The van der Waals surface area contributed by atoms with Gasteiger partial charge in [-0.3, -0.25) is 13.9 Å². The van der Waals surface area contributed by atoms with Crippen LogP contribution in [0.1, 0.15) is 26.3 Å². The van der Waals surface area contributed by atoms with Gasteiger partial charge in [-0.25, -0.2) is 12.8 Å². The highest BCUT2D eigenvalue weighted by atomic mass is 79.9. The maximum atomic E-state index is 13.9. The van der Waals surface area contributed by atoms with Crippen LogP contribution in [0.25, 0.3) is 0 Å². The summed E-state index contributed by atoms with van der Waals surface area (Å²) >= 11 is 3.42. The van der Waals surface area contributed by atoms with E-state index in [9.17, 15) is 22.4 Å². The van der Waals surface area contributed by atoms with E-state index in [1.165, 1.54) is 48.4 Å². The third kappa shape index (κ3) is 8.04. The fourth-order valence-electron chi connectivity index (χ4n) is 3.88. The summed E-state index contributed by atoms with van der Waals surface area (Å²) in [5.74, 6) is -0.848. The van der Waals surface area contributed by atoms with E-state index in [1.807, 2.05) is 38.1 Å². The highest BCUT2D eigenvalue weighted by Crippen LogP contribution is 2.26. The molecule has 0 aliphatic carbocycles. The number of ether oxygens (including phenoxy) is 1. The highest BCUT2D eigenvalue weighted by Gasteiger charge is 2.32. The van der Waals surface area contributed by atoms with Crippen molar-refractivity contribution in [3.8, 4) is 5.75 Å². The van der Waals surface area contributed by atoms with Crippen molar-refractivity contribution < 1.29 is 27.1 Å². The summed E-state index contributed by atoms with van der Waals surface area (Å²) in [6.45, 7) is 5.39. The van der Waals surface area contributed by atoms with E-state index in [-0.39, 0.29) is 29.0 Å². The van der Waals surface area contributed by atoms with Gasteiger partial charge >= 0.3 is 0 Å². The smallest absolute Gasteiger partial charge is 0.264 e. The molecule has 0 saturated heterocycles. The lowest BCUT2D eigenvalue weighted by Gasteiger charge is -2.32. The molecule has 0 spiro atoms. The number of benzene rings is 3. The van der Waals surface area contributed by atoms with Crippen molar-refractivity contribution in [2.24, 2.45) is 5.92 Å². The quantitative estimate of drug-likeness (QED) is 0.303. The van der Waals surface area contributed by atoms with E-state index < -0.39 is 34.3 Å². The zero-order valence-electron chi connectivity index (χ0n) is 22.8. The summed E-state index contributed by atoms with van der Waals surface area (Å²) in [4.78, 5) is 28.2. The minimum Gasteiger partial charge on any atom is -0.497 e. The lowest BCUT2D eigenvalue weighted by molar-refractivity contribution is -0.139. The molecule has 11 heteroatoms. The number of carbonyl (C=O) groups is 2. The molecule has 0 aliphatic heterocycles. The summed E-state index contributed by atoms with van der Waals surface area (Å²) in [5.41, 5.74) is 0.850.